The van der Waals surface area contributed by atoms with E-state index in [1.54, 1.807) is 0 Å². The molecule has 2 atom stereocenters. The molecule has 3 aromatic rings. The van der Waals surface area contributed by atoms with Crippen LogP contribution in [0.4, 0.5) is 0 Å². The van der Waals surface area contributed by atoms with Gasteiger partial charge in [0.25, 0.3) is 0 Å². The van der Waals surface area contributed by atoms with E-state index in [1.807, 2.05) is 48.5 Å². The highest BCUT2D eigenvalue weighted by Crippen LogP contribution is 2.56. The number of rotatable bonds is 5. The number of benzene rings is 3. The second kappa shape index (κ2) is 6.30. The van der Waals surface area contributed by atoms with Crippen molar-refractivity contribution in [1.82, 2.24) is 0 Å². The molecule has 1 aliphatic carbocycles. The first-order valence-electron chi connectivity index (χ1n) is 8.68. The molecule has 0 amide bonds. The number of nitrogens with two attached hydrogens (primary N) is 1. The van der Waals surface area contributed by atoms with Gasteiger partial charge in [-0.25, -0.2) is 0 Å². The Kier molecular flexibility index (Phi) is 3.98. The molecule has 1 fully saturated rings. The molecule has 0 bridgehead atoms. The van der Waals surface area contributed by atoms with Crippen molar-refractivity contribution in [2.75, 3.05) is 0 Å². The summed E-state index contributed by atoms with van der Waals surface area (Å²) in [6.45, 7) is 0. The van der Waals surface area contributed by atoms with E-state index >= 15 is 0 Å². The summed E-state index contributed by atoms with van der Waals surface area (Å²) in [4.78, 5) is 12.3. The number of carbonyl (C=O) groups excluding carboxylic acids is 1. The van der Waals surface area contributed by atoms with E-state index in [1.165, 1.54) is 11.1 Å². The molecule has 0 radical (unpaired) electrons. The number of ketones is 1. The van der Waals surface area contributed by atoms with Crippen molar-refractivity contribution in [1.29, 1.82) is 0 Å². The highest BCUT2D eigenvalue weighted by Gasteiger charge is 2.52. The van der Waals surface area contributed by atoms with Crippen LogP contribution in [0, 0.1) is 0 Å². The first-order valence-corrected chi connectivity index (χ1v) is 8.68. The second-order valence-corrected chi connectivity index (χ2v) is 6.87. The average molecular weight is 327 g/mol. The van der Waals surface area contributed by atoms with Crippen LogP contribution in [0.15, 0.2) is 84.9 Å². The third kappa shape index (κ3) is 3.13. The summed E-state index contributed by atoms with van der Waals surface area (Å²) in [5.41, 5.74) is 10.6. The fourth-order valence-corrected chi connectivity index (χ4v) is 3.54. The first-order chi connectivity index (χ1) is 12.2. The van der Waals surface area contributed by atoms with Crippen LogP contribution in [0.25, 0.3) is 0 Å². The van der Waals surface area contributed by atoms with Gasteiger partial charge in [-0.15, -0.1) is 0 Å². The molecule has 0 aromatic heterocycles. The number of carbonyl (C=O) groups is 1. The summed E-state index contributed by atoms with van der Waals surface area (Å²) in [7, 11) is 0. The van der Waals surface area contributed by atoms with Crippen molar-refractivity contribution in [3.8, 4) is 0 Å². The highest BCUT2D eigenvalue weighted by atomic mass is 16.1. The molecular formula is C23H21NO. The predicted octanol–water partition coefficient (Wildman–Crippen LogP) is 4.45. The van der Waals surface area contributed by atoms with E-state index in [4.69, 9.17) is 5.73 Å². The van der Waals surface area contributed by atoms with Gasteiger partial charge in [-0.3, -0.25) is 4.79 Å². The summed E-state index contributed by atoms with van der Waals surface area (Å²) in [6.07, 6.45) is 1.40. The second-order valence-electron chi connectivity index (χ2n) is 6.87. The Morgan fingerprint density at radius 3 is 2.12 bits per heavy atom. The van der Waals surface area contributed by atoms with Gasteiger partial charge in [0.1, 0.15) is 0 Å². The van der Waals surface area contributed by atoms with Gasteiger partial charge in [-0.1, -0.05) is 84.9 Å². The number of hydrogen-bond acceptors (Lipinski definition) is 2. The van der Waals surface area contributed by atoms with Gasteiger partial charge in [0.2, 0.25) is 0 Å². The van der Waals surface area contributed by atoms with E-state index in [0.29, 0.717) is 12.3 Å². The van der Waals surface area contributed by atoms with E-state index in [2.05, 4.69) is 36.4 Å². The van der Waals surface area contributed by atoms with Gasteiger partial charge in [-0.2, -0.15) is 0 Å². The molecule has 2 heteroatoms. The van der Waals surface area contributed by atoms with Crippen LogP contribution in [-0.2, 0) is 12.0 Å². The van der Waals surface area contributed by atoms with Crippen molar-refractivity contribution in [3.63, 3.8) is 0 Å². The largest absolute Gasteiger partial charge is 0.321 e. The summed E-state index contributed by atoms with van der Waals surface area (Å²) < 4.78 is 0. The molecule has 3 aromatic carbocycles. The molecule has 1 aliphatic rings. The zero-order valence-electron chi connectivity index (χ0n) is 14.1. The fourth-order valence-electron chi connectivity index (χ4n) is 3.54. The number of hydrogen-bond donors (Lipinski definition) is 1. The highest BCUT2D eigenvalue weighted by molar-refractivity contribution is 5.97. The van der Waals surface area contributed by atoms with Gasteiger partial charge in [-0.05, 0) is 23.1 Å². The van der Waals surface area contributed by atoms with Crippen LogP contribution >= 0.6 is 0 Å². The van der Waals surface area contributed by atoms with Crippen molar-refractivity contribution >= 4 is 5.78 Å². The van der Waals surface area contributed by atoms with E-state index < -0.39 is 0 Å². The summed E-state index contributed by atoms with van der Waals surface area (Å²) in [5, 5.41) is 0. The maximum Gasteiger partial charge on any atom is 0.167 e. The molecular weight excluding hydrogens is 306 g/mol. The Balaban J connectivity index is 1.46. The third-order valence-corrected chi connectivity index (χ3v) is 5.16. The van der Waals surface area contributed by atoms with Gasteiger partial charge < -0.3 is 5.73 Å². The maximum absolute atomic E-state index is 12.3. The standard InChI is InChI=1S/C23H21NO/c24-23(20-9-5-2-6-10-20)16-21(23)18-13-11-17(12-14-18)15-22(25)19-7-3-1-4-8-19/h1-14,21H,15-16,24H2/t21-,23-/m0/s1. The molecule has 0 aliphatic heterocycles. The minimum Gasteiger partial charge on any atom is -0.321 e. The molecule has 1 saturated carbocycles. The summed E-state index contributed by atoms with van der Waals surface area (Å²) in [5.74, 6) is 0.506. The smallest absolute Gasteiger partial charge is 0.167 e. The lowest BCUT2D eigenvalue weighted by molar-refractivity contribution is 0.0993. The predicted molar refractivity (Wildman–Crippen MR) is 101 cm³/mol. The molecule has 2 nitrogen and oxygen atoms in total. The molecule has 2 N–H and O–H groups in total. The molecule has 0 spiro atoms. The molecule has 0 saturated heterocycles. The first kappa shape index (κ1) is 15.8. The minimum atomic E-state index is -0.247. The zero-order chi connectivity index (χ0) is 17.3. The van der Waals surface area contributed by atoms with Gasteiger partial charge in [0.15, 0.2) is 5.78 Å². The minimum absolute atomic E-state index is 0.150. The Labute approximate surface area is 148 Å². The Morgan fingerprint density at radius 1 is 0.880 bits per heavy atom. The zero-order valence-corrected chi connectivity index (χ0v) is 14.1. The van der Waals surface area contributed by atoms with Crippen molar-refractivity contribution in [2.24, 2.45) is 5.73 Å². The topological polar surface area (TPSA) is 43.1 Å². The Bertz CT molecular complexity index is 871. The third-order valence-electron chi connectivity index (χ3n) is 5.16. The molecule has 0 unspecified atom stereocenters. The number of Topliss-reactive ketones (excluding diaryl/α,β-unsaturated/α-hetero) is 1. The lowest BCUT2D eigenvalue weighted by Gasteiger charge is -2.12. The molecule has 4 rings (SSSR count). The Hall–Kier alpha value is -2.71. The van der Waals surface area contributed by atoms with Gasteiger partial charge in [0, 0.05) is 23.4 Å². The lowest BCUT2D eigenvalue weighted by atomic mass is 9.97. The van der Waals surface area contributed by atoms with Crippen molar-refractivity contribution in [3.05, 3.63) is 107 Å². The van der Waals surface area contributed by atoms with Crippen molar-refractivity contribution < 1.29 is 4.79 Å². The quantitative estimate of drug-likeness (QED) is 0.703. The van der Waals surface area contributed by atoms with Crippen LogP contribution < -0.4 is 5.73 Å². The lowest BCUT2D eigenvalue weighted by Crippen LogP contribution is -2.21. The van der Waals surface area contributed by atoms with E-state index in [9.17, 15) is 4.79 Å². The fraction of sp³-hybridized carbons (Fsp3) is 0.174. The van der Waals surface area contributed by atoms with E-state index in [0.717, 1.165) is 17.5 Å². The average Bonchev–Trinajstić information content (AvgIpc) is 3.37. The van der Waals surface area contributed by atoms with Gasteiger partial charge in [0.05, 0.1) is 0 Å². The maximum atomic E-state index is 12.3. The monoisotopic (exact) mass is 327 g/mol. The van der Waals surface area contributed by atoms with Gasteiger partial charge >= 0.3 is 0 Å². The Morgan fingerprint density at radius 2 is 1.48 bits per heavy atom. The molecule has 0 heterocycles. The molecule has 25 heavy (non-hydrogen) atoms. The van der Waals surface area contributed by atoms with Crippen LogP contribution in [-0.4, -0.2) is 5.78 Å². The van der Waals surface area contributed by atoms with Crippen LogP contribution in [0.3, 0.4) is 0 Å². The summed E-state index contributed by atoms with van der Waals surface area (Å²) >= 11 is 0. The van der Waals surface area contributed by atoms with Crippen LogP contribution in [0.5, 0.6) is 0 Å². The normalized spacial score (nSPS) is 21.7. The van der Waals surface area contributed by atoms with E-state index in [-0.39, 0.29) is 11.3 Å². The summed E-state index contributed by atoms with van der Waals surface area (Å²) in [6, 6.07) is 28.1. The molecule has 124 valence electrons. The van der Waals surface area contributed by atoms with Crippen LogP contribution in [0.1, 0.15) is 39.4 Å². The van der Waals surface area contributed by atoms with Crippen molar-refractivity contribution in [2.45, 2.75) is 24.3 Å². The van der Waals surface area contributed by atoms with Crippen LogP contribution in [0.2, 0.25) is 0 Å². The SMILES string of the molecule is N[C@]1(c2ccccc2)C[C@H]1c1ccc(CC(=O)c2ccccc2)cc1.